The molecule has 4 aromatic carbocycles. The number of rotatable bonds is 8. The number of aliphatic imine (C=N–C) groups is 1. The summed E-state index contributed by atoms with van der Waals surface area (Å²) in [4.78, 5) is 16.7. The Bertz CT molecular complexity index is 1170. The van der Waals surface area contributed by atoms with Gasteiger partial charge in [-0.3, -0.25) is 9.79 Å². The first-order valence-electron chi connectivity index (χ1n) is 10.2. The van der Waals surface area contributed by atoms with E-state index in [1.165, 1.54) is 0 Å². The molecule has 158 valence electrons. The van der Waals surface area contributed by atoms with Crippen LogP contribution < -0.4 is 14.8 Å². The van der Waals surface area contributed by atoms with Crippen molar-refractivity contribution in [2.24, 2.45) is 4.99 Å². The molecule has 0 unspecified atom stereocenters. The number of nitrogens with one attached hydrogen (secondary N) is 1. The Morgan fingerprint density at radius 1 is 0.750 bits per heavy atom. The highest BCUT2D eigenvalue weighted by Crippen LogP contribution is 2.24. The van der Waals surface area contributed by atoms with E-state index in [2.05, 4.69) is 10.3 Å². The zero-order valence-electron chi connectivity index (χ0n) is 17.3. The van der Waals surface area contributed by atoms with Gasteiger partial charge in [0.1, 0.15) is 17.2 Å². The van der Waals surface area contributed by atoms with Crippen LogP contribution in [0.3, 0.4) is 0 Å². The largest absolute Gasteiger partial charge is 0.483 e. The molecule has 0 heterocycles. The van der Waals surface area contributed by atoms with Crippen molar-refractivity contribution in [3.63, 3.8) is 0 Å². The highest BCUT2D eigenvalue weighted by molar-refractivity contribution is 5.92. The van der Waals surface area contributed by atoms with E-state index in [1.807, 2.05) is 109 Å². The maximum Gasteiger partial charge on any atom is 0.262 e. The fourth-order valence-electron chi connectivity index (χ4n) is 2.95. The first-order valence-corrected chi connectivity index (χ1v) is 10.2. The zero-order valence-corrected chi connectivity index (χ0v) is 17.3. The van der Waals surface area contributed by atoms with Crippen molar-refractivity contribution in [3.05, 3.63) is 115 Å². The van der Waals surface area contributed by atoms with E-state index in [-0.39, 0.29) is 12.5 Å². The van der Waals surface area contributed by atoms with Crippen LogP contribution in [0.15, 0.2) is 114 Å². The van der Waals surface area contributed by atoms with Crippen molar-refractivity contribution in [1.82, 2.24) is 0 Å². The number of carbonyl (C=O) groups excluding carboxylic acids is 1. The number of nitrogens with zero attached hydrogens (tertiary/aromatic N) is 1. The summed E-state index contributed by atoms with van der Waals surface area (Å²) < 4.78 is 11.5. The summed E-state index contributed by atoms with van der Waals surface area (Å²) in [5, 5.41) is 2.80. The van der Waals surface area contributed by atoms with Gasteiger partial charge in [0.15, 0.2) is 6.61 Å². The quantitative estimate of drug-likeness (QED) is 0.342. The Labute approximate surface area is 187 Å². The SMILES string of the molecule is O=C(COc1ccccc1C=Nc1ccc(Oc2ccccc2)cc1)Nc1ccccc1. The second-order valence-electron chi connectivity index (χ2n) is 6.91. The topological polar surface area (TPSA) is 59.9 Å². The lowest BCUT2D eigenvalue weighted by Gasteiger charge is -2.09. The number of anilines is 1. The van der Waals surface area contributed by atoms with Crippen molar-refractivity contribution in [3.8, 4) is 17.2 Å². The van der Waals surface area contributed by atoms with E-state index in [9.17, 15) is 4.79 Å². The van der Waals surface area contributed by atoms with Crippen LogP contribution in [0.4, 0.5) is 11.4 Å². The summed E-state index contributed by atoms with van der Waals surface area (Å²) in [6, 6.07) is 33.9. The lowest BCUT2D eigenvalue weighted by Crippen LogP contribution is -2.20. The molecule has 0 aromatic heterocycles. The summed E-state index contributed by atoms with van der Waals surface area (Å²) >= 11 is 0. The molecule has 0 saturated heterocycles. The Morgan fingerprint density at radius 2 is 1.38 bits per heavy atom. The van der Waals surface area contributed by atoms with Gasteiger partial charge in [0.05, 0.1) is 5.69 Å². The minimum atomic E-state index is -0.225. The van der Waals surface area contributed by atoms with Crippen LogP contribution in [-0.2, 0) is 4.79 Å². The average molecular weight is 422 g/mol. The molecular formula is C27H22N2O3. The molecule has 32 heavy (non-hydrogen) atoms. The van der Waals surface area contributed by atoms with E-state index in [4.69, 9.17) is 9.47 Å². The molecule has 0 aliphatic carbocycles. The van der Waals surface area contributed by atoms with Crippen LogP contribution in [0, 0.1) is 0 Å². The van der Waals surface area contributed by atoms with Gasteiger partial charge in [0.2, 0.25) is 0 Å². The van der Waals surface area contributed by atoms with Gasteiger partial charge >= 0.3 is 0 Å². The van der Waals surface area contributed by atoms with Crippen LogP contribution in [0.25, 0.3) is 0 Å². The molecule has 0 saturated carbocycles. The van der Waals surface area contributed by atoms with Crippen molar-refractivity contribution < 1.29 is 14.3 Å². The molecule has 1 amide bonds. The van der Waals surface area contributed by atoms with Gasteiger partial charge in [0.25, 0.3) is 5.91 Å². The molecule has 0 bridgehead atoms. The molecule has 5 heteroatoms. The van der Waals surface area contributed by atoms with E-state index in [0.717, 1.165) is 28.4 Å². The monoisotopic (exact) mass is 422 g/mol. The number of carbonyl (C=O) groups is 1. The van der Waals surface area contributed by atoms with Gasteiger partial charge in [-0.1, -0.05) is 48.5 Å². The lowest BCUT2D eigenvalue weighted by atomic mass is 10.2. The number of para-hydroxylation sites is 3. The highest BCUT2D eigenvalue weighted by Gasteiger charge is 2.06. The van der Waals surface area contributed by atoms with E-state index >= 15 is 0 Å². The maximum atomic E-state index is 12.2. The van der Waals surface area contributed by atoms with Gasteiger partial charge in [-0.15, -0.1) is 0 Å². The highest BCUT2D eigenvalue weighted by atomic mass is 16.5. The number of hydrogen-bond acceptors (Lipinski definition) is 4. The summed E-state index contributed by atoms with van der Waals surface area (Å²) in [6.07, 6.45) is 1.72. The van der Waals surface area contributed by atoms with E-state index in [1.54, 1.807) is 6.21 Å². The fraction of sp³-hybridized carbons (Fsp3) is 0.0370. The minimum absolute atomic E-state index is 0.0920. The Kier molecular flexibility index (Phi) is 6.91. The summed E-state index contributed by atoms with van der Waals surface area (Å²) in [5.74, 6) is 1.88. The molecule has 1 N–H and O–H groups in total. The molecule has 4 rings (SSSR count). The Hall–Kier alpha value is -4.38. The van der Waals surface area contributed by atoms with Gasteiger partial charge < -0.3 is 14.8 Å². The summed E-state index contributed by atoms with van der Waals surface area (Å²) in [5.41, 5.74) is 2.29. The number of benzene rings is 4. The van der Waals surface area contributed by atoms with Crippen molar-refractivity contribution in [1.29, 1.82) is 0 Å². The van der Waals surface area contributed by atoms with Crippen LogP contribution in [0.2, 0.25) is 0 Å². The first kappa shape index (κ1) is 20.9. The molecule has 0 aliphatic heterocycles. The second-order valence-corrected chi connectivity index (χ2v) is 6.91. The standard InChI is InChI=1S/C27H22N2O3/c30-27(29-23-10-3-1-4-11-23)20-31-26-14-8-7-9-21(26)19-28-22-15-17-25(18-16-22)32-24-12-5-2-6-13-24/h1-19H,20H2,(H,29,30). The normalized spacial score (nSPS) is 10.6. The third kappa shape index (κ3) is 6.06. The van der Waals surface area contributed by atoms with E-state index in [0.29, 0.717) is 5.75 Å². The van der Waals surface area contributed by atoms with Gasteiger partial charge in [-0.05, 0) is 60.7 Å². The predicted octanol–water partition coefficient (Wildman–Crippen LogP) is 6.25. The smallest absolute Gasteiger partial charge is 0.262 e. The summed E-state index contributed by atoms with van der Waals surface area (Å²) in [6.45, 7) is -0.0920. The van der Waals surface area contributed by atoms with Crippen LogP contribution in [-0.4, -0.2) is 18.7 Å². The molecule has 0 atom stereocenters. The predicted molar refractivity (Wildman–Crippen MR) is 127 cm³/mol. The van der Waals surface area contributed by atoms with Crippen molar-refractivity contribution in [2.45, 2.75) is 0 Å². The third-order valence-electron chi connectivity index (χ3n) is 4.50. The number of amides is 1. The van der Waals surface area contributed by atoms with Gasteiger partial charge in [-0.2, -0.15) is 0 Å². The van der Waals surface area contributed by atoms with Gasteiger partial charge in [-0.25, -0.2) is 0 Å². The molecule has 0 aliphatic rings. The molecular weight excluding hydrogens is 400 g/mol. The second kappa shape index (κ2) is 10.6. The lowest BCUT2D eigenvalue weighted by molar-refractivity contribution is -0.118. The van der Waals surface area contributed by atoms with Crippen molar-refractivity contribution >= 4 is 23.5 Å². The van der Waals surface area contributed by atoms with Crippen LogP contribution >= 0.6 is 0 Å². The Morgan fingerprint density at radius 3 is 2.12 bits per heavy atom. The number of ether oxygens (including phenoxy) is 2. The van der Waals surface area contributed by atoms with Crippen LogP contribution in [0.1, 0.15) is 5.56 Å². The maximum absolute atomic E-state index is 12.2. The average Bonchev–Trinajstić information content (AvgIpc) is 2.84. The Balaban J connectivity index is 1.36. The molecule has 0 radical (unpaired) electrons. The summed E-state index contributed by atoms with van der Waals surface area (Å²) in [7, 11) is 0. The molecule has 5 nitrogen and oxygen atoms in total. The van der Waals surface area contributed by atoms with Gasteiger partial charge in [0, 0.05) is 17.5 Å². The van der Waals surface area contributed by atoms with Crippen molar-refractivity contribution in [2.75, 3.05) is 11.9 Å². The molecule has 0 spiro atoms. The fourth-order valence-corrected chi connectivity index (χ4v) is 2.95. The minimum Gasteiger partial charge on any atom is -0.483 e. The molecule has 4 aromatic rings. The number of hydrogen-bond donors (Lipinski definition) is 1. The first-order chi connectivity index (χ1) is 15.8. The van der Waals surface area contributed by atoms with Crippen LogP contribution in [0.5, 0.6) is 17.2 Å². The van der Waals surface area contributed by atoms with E-state index < -0.39 is 0 Å². The third-order valence-corrected chi connectivity index (χ3v) is 4.50. The molecule has 0 fully saturated rings. The zero-order chi connectivity index (χ0) is 22.0.